The number of rotatable bonds is 5. The van der Waals surface area contributed by atoms with Gasteiger partial charge in [0.15, 0.2) is 0 Å². The van der Waals surface area contributed by atoms with Gasteiger partial charge in [-0.15, -0.1) is 0 Å². The summed E-state index contributed by atoms with van der Waals surface area (Å²) in [4.78, 5) is 25.3. The van der Waals surface area contributed by atoms with Crippen molar-refractivity contribution in [2.75, 3.05) is 7.05 Å². The smallest absolute Gasteiger partial charge is 0.410 e. The number of thiazole rings is 1. The molecule has 0 aliphatic carbocycles. The van der Waals surface area contributed by atoms with Gasteiger partial charge in [-0.05, 0) is 49.1 Å². The van der Waals surface area contributed by atoms with Crippen molar-refractivity contribution in [3.8, 4) is 17.0 Å². The van der Waals surface area contributed by atoms with Crippen molar-refractivity contribution in [2.24, 2.45) is 0 Å². The first-order valence-corrected chi connectivity index (χ1v) is 10.5. The standard InChI is InChI=1S/C23H26N2O4S/c1-23(2,3)29-21(27)24(4)13-17-6-5-7-19(12-17)18-10-8-16(9-11-18)14-25-20(26)15-30-22(25)28/h5-12,15,26H,13-14H2,1-4H3. The Bertz CT molecular complexity index is 1080. The fourth-order valence-corrected chi connectivity index (χ4v) is 3.60. The molecule has 0 aliphatic rings. The zero-order chi connectivity index (χ0) is 21.9. The molecular formula is C23H26N2O4S. The molecule has 0 radical (unpaired) electrons. The molecule has 1 aromatic heterocycles. The van der Waals surface area contributed by atoms with Crippen molar-refractivity contribution in [2.45, 2.75) is 39.5 Å². The van der Waals surface area contributed by atoms with E-state index in [0.29, 0.717) is 13.1 Å². The highest BCUT2D eigenvalue weighted by Crippen LogP contribution is 2.23. The van der Waals surface area contributed by atoms with Crippen LogP contribution in [0, 0.1) is 0 Å². The van der Waals surface area contributed by atoms with Crippen LogP contribution >= 0.6 is 11.3 Å². The van der Waals surface area contributed by atoms with Crippen LogP contribution < -0.4 is 4.87 Å². The van der Waals surface area contributed by atoms with Crippen LogP contribution in [0.4, 0.5) is 4.79 Å². The second kappa shape index (κ2) is 8.75. The van der Waals surface area contributed by atoms with Crippen LogP contribution in [0.2, 0.25) is 0 Å². The Morgan fingerprint density at radius 1 is 1.10 bits per heavy atom. The van der Waals surface area contributed by atoms with Crippen LogP contribution in [-0.2, 0) is 17.8 Å². The molecule has 1 amide bonds. The third-order valence-corrected chi connectivity index (χ3v) is 5.19. The predicted molar refractivity (Wildman–Crippen MR) is 119 cm³/mol. The van der Waals surface area contributed by atoms with Crippen molar-refractivity contribution in [3.63, 3.8) is 0 Å². The van der Waals surface area contributed by atoms with E-state index < -0.39 is 5.60 Å². The zero-order valence-electron chi connectivity index (χ0n) is 17.6. The van der Waals surface area contributed by atoms with Crippen molar-refractivity contribution in [1.82, 2.24) is 9.47 Å². The average Bonchev–Trinajstić information content (AvgIpc) is 2.99. The van der Waals surface area contributed by atoms with Gasteiger partial charge >= 0.3 is 11.0 Å². The van der Waals surface area contributed by atoms with Gasteiger partial charge in [-0.25, -0.2) is 4.79 Å². The molecule has 6 nitrogen and oxygen atoms in total. The number of hydrogen-bond donors (Lipinski definition) is 1. The Kier molecular flexibility index (Phi) is 6.31. The second-order valence-corrected chi connectivity index (χ2v) is 9.00. The van der Waals surface area contributed by atoms with Gasteiger partial charge in [0.1, 0.15) is 5.60 Å². The molecule has 1 heterocycles. The summed E-state index contributed by atoms with van der Waals surface area (Å²) in [5.41, 5.74) is 3.46. The molecule has 0 spiro atoms. The van der Waals surface area contributed by atoms with E-state index in [1.165, 1.54) is 9.95 Å². The summed E-state index contributed by atoms with van der Waals surface area (Å²) >= 11 is 0.982. The lowest BCUT2D eigenvalue weighted by molar-refractivity contribution is 0.0285. The van der Waals surface area contributed by atoms with Gasteiger partial charge in [0, 0.05) is 13.6 Å². The molecule has 0 fully saturated rings. The summed E-state index contributed by atoms with van der Waals surface area (Å²) in [5, 5.41) is 11.2. The van der Waals surface area contributed by atoms with E-state index in [0.717, 1.165) is 33.6 Å². The monoisotopic (exact) mass is 426 g/mol. The minimum atomic E-state index is -0.528. The van der Waals surface area contributed by atoms with Crippen LogP contribution in [0.25, 0.3) is 11.1 Å². The quantitative estimate of drug-likeness (QED) is 0.642. The summed E-state index contributed by atoms with van der Waals surface area (Å²) < 4.78 is 6.75. The number of aromatic hydroxyl groups is 1. The summed E-state index contributed by atoms with van der Waals surface area (Å²) in [6, 6.07) is 15.9. The fraction of sp³-hybridized carbons (Fsp3) is 0.304. The molecule has 0 bridgehead atoms. The highest BCUT2D eigenvalue weighted by molar-refractivity contribution is 7.07. The molecule has 3 aromatic rings. The van der Waals surface area contributed by atoms with E-state index >= 15 is 0 Å². The minimum Gasteiger partial charge on any atom is -0.494 e. The first-order chi connectivity index (χ1) is 14.1. The second-order valence-electron chi connectivity index (χ2n) is 8.18. The van der Waals surface area contributed by atoms with Gasteiger partial charge in [-0.3, -0.25) is 9.36 Å². The molecule has 0 aliphatic heterocycles. The minimum absolute atomic E-state index is 0.0177. The van der Waals surface area contributed by atoms with Crippen molar-refractivity contribution >= 4 is 17.4 Å². The van der Waals surface area contributed by atoms with Crippen molar-refractivity contribution in [1.29, 1.82) is 0 Å². The van der Waals surface area contributed by atoms with E-state index in [1.807, 2.05) is 69.3 Å². The maximum atomic E-state index is 12.2. The molecule has 2 aromatic carbocycles. The fourth-order valence-electron chi connectivity index (χ4n) is 2.98. The van der Waals surface area contributed by atoms with Crippen LogP contribution in [0.1, 0.15) is 31.9 Å². The van der Waals surface area contributed by atoms with Gasteiger partial charge in [-0.1, -0.05) is 53.8 Å². The lowest BCUT2D eigenvalue weighted by atomic mass is 10.0. The Morgan fingerprint density at radius 3 is 2.40 bits per heavy atom. The SMILES string of the molecule is CN(Cc1cccc(-c2ccc(Cn3c(O)csc3=O)cc2)c1)C(=O)OC(C)(C)C. The predicted octanol–water partition coefficient (Wildman–Crippen LogP) is 4.70. The Hall–Kier alpha value is -3.06. The first kappa shape index (κ1) is 21.6. The average molecular weight is 427 g/mol. The maximum Gasteiger partial charge on any atom is 0.410 e. The van der Waals surface area contributed by atoms with Gasteiger partial charge in [0.25, 0.3) is 0 Å². The molecule has 3 rings (SSSR count). The van der Waals surface area contributed by atoms with E-state index in [4.69, 9.17) is 4.74 Å². The summed E-state index contributed by atoms with van der Waals surface area (Å²) in [6.07, 6.45) is -0.357. The third kappa shape index (κ3) is 5.51. The Balaban J connectivity index is 1.71. The molecule has 0 saturated carbocycles. The van der Waals surface area contributed by atoms with Crippen molar-refractivity contribution < 1.29 is 14.6 Å². The Morgan fingerprint density at radius 2 is 1.80 bits per heavy atom. The number of nitrogens with zero attached hydrogens (tertiary/aromatic N) is 2. The largest absolute Gasteiger partial charge is 0.494 e. The molecule has 158 valence electrons. The summed E-state index contributed by atoms with van der Waals surface area (Å²) in [7, 11) is 1.72. The lowest BCUT2D eigenvalue weighted by Gasteiger charge is -2.24. The molecular weight excluding hydrogens is 400 g/mol. The first-order valence-electron chi connectivity index (χ1n) is 9.62. The zero-order valence-corrected chi connectivity index (χ0v) is 18.4. The number of amides is 1. The molecule has 30 heavy (non-hydrogen) atoms. The van der Waals surface area contributed by atoms with Crippen LogP contribution in [0.5, 0.6) is 5.88 Å². The molecule has 7 heteroatoms. The molecule has 1 N–H and O–H groups in total. The van der Waals surface area contributed by atoms with E-state index in [2.05, 4.69) is 0 Å². The normalized spacial score (nSPS) is 11.3. The highest BCUT2D eigenvalue weighted by Gasteiger charge is 2.19. The number of aromatic nitrogens is 1. The van der Waals surface area contributed by atoms with Crippen molar-refractivity contribution in [3.05, 3.63) is 74.7 Å². The number of benzene rings is 2. The third-order valence-electron chi connectivity index (χ3n) is 4.44. The van der Waals surface area contributed by atoms with E-state index in [9.17, 15) is 14.7 Å². The number of hydrogen-bond acceptors (Lipinski definition) is 5. The maximum absolute atomic E-state index is 12.2. The van der Waals surface area contributed by atoms with Gasteiger partial charge < -0.3 is 14.7 Å². The number of carbonyl (C=O) groups excluding carboxylic acids is 1. The Labute approximate surface area is 180 Å². The highest BCUT2D eigenvalue weighted by atomic mass is 32.1. The topological polar surface area (TPSA) is 71.8 Å². The van der Waals surface area contributed by atoms with Gasteiger partial charge in [0.05, 0.1) is 11.9 Å². The van der Waals surface area contributed by atoms with Crippen LogP contribution in [0.3, 0.4) is 0 Å². The van der Waals surface area contributed by atoms with Crippen LogP contribution in [0.15, 0.2) is 58.7 Å². The van der Waals surface area contributed by atoms with E-state index in [-0.39, 0.29) is 16.8 Å². The van der Waals surface area contributed by atoms with E-state index in [1.54, 1.807) is 11.9 Å². The number of ether oxygens (including phenoxy) is 1. The van der Waals surface area contributed by atoms with Gasteiger partial charge in [0.2, 0.25) is 5.88 Å². The molecule has 0 unspecified atom stereocenters. The van der Waals surface area contributed by atoms with Gasteiger partial charge in [-0.2, -0.15) is 0 Å². The molecule has 0 saturated heterocycles. The van der Waals surface area contributed by atoms with Crippen LogP contribution in [-0.4, -0.2) is 33.3 Å². The summed E-state index contributed by atoms with van der Waals surface area (Å²) in [5.74, 6) is -0.0177. The number of carbonyl (C=O) groups is 1. The summed E-state index contributed by atoms with van der Waals surface area (Å²) in [6.45, 7) is 6.31. The lowest BCUT2D eigenvalue weighted by Crippen LogP contribution is -2.33. The molecule has 0 atom stereocenters.